The molecule has 1 unspecified atom stereocenters. The van der Waals surface area contributed by atoms with Gasteiger partial charge in [-0.25, -0.2) is 0 Å². The number of carbonyl (C=O) groups excluding carboxylic acids is 1. The number of benzene rings is 2. The SMILES string of the molecule is CCNC(=O)c1cccc(CNC(=NC)NCC(c2cccc(OC)c2)N2CCCC2)c1.I. The van der Waals surface area contributed by atoms with Gasteiger partial charge >= 0.3 is 0 Å². The van der Waals surface area contributed by atoms with Gasteiger partial charge in [0.15, 0.2) is 5.96 Å². The van der Waals surface area contributed by atoms with Crippen molar-refractivity contribution in [3.05, 3.63) is 65.2 Å². The summed E-state index contributed by atoms with van der Waals surface area (Å²) in [4.78, 5) is 19.0. The van der Waals surface area contributed by atoms with Gasteiger partial charge in [-0.05, 0) is 68.2 Å². The van der Waals surface area contributed by atoms with Crippen LogP contribution in [0.2, 0.25) is 0 Å². The Balaban J connectivity index is 0.00000385. The van der Waals surface area contributed by atoms with Gasteiger partial charge in [-0.1, -0.05) is 24.3 Å². The van der Waals surface area contributed by atoms with E-state index in [0.29, 0.717) is 18.7 Å². The number of halogens is 1. The maximum absolute atomic E-state index is 12.1. The molecule has 3 rings (SSSR count). The lowest BCUT2D eigenvalue weighted by molar-refractivity contribution is 0.0955. The van der Waals surface area contributed by atoms with Crippen LogP contribution in [0.25, 0.3) is 0 Å². The van der Waals surface area contributed by atoms with Gasteiger partial charge in [-0.15, -0.1) is 24.0 Å². The molecule has 0 spiro atoms. The molecule has 180 valence electrons. The summed E-state index contributed by atoms with van der Waals surface area (Å²) in [7, 11) is 3.48. The highest BCUT2D eigenvalue weighted by Crippen LogP contribution is 2.27. The standard InChI is InChI=1S/C25H35N5O2.HI/c1-4-27-24(31)21-11-7-9-19(15-21)17-28-25(26-2)29-18-23(30-13-5-6-14-30)20-10-8-12-22(16-20)32-3;/h7-12,15-16,23H,4-6,13-14,17-18H2,1-3H3,(H,27,31)(H2,26,28,29);1H. The summed E-state index contributed by atoms with van der Waals surface area (Å²) in [6, 6.07) is 16.2. The number of aliphatic imine (C=N–C) groups is 1. The number of rotatable bonds is 9. The van der Waals surface area contributed by atoms with Crippen molar-refractivity contribution in [3.63, 3.8) is 0 Å². The van der Waals surface area contributed by atoms with Gasteiger partial charge in [-0.3, -0.25) is 14.7 Å². The first-order chi connectivity index (χ1) is 15.6. The molecular formula is C25H36IN5O2. The minimum Gasteiger partial charge on any atom is -0.497 e. The summed E-state index contributed by atoms with van der Waals surface area (Å²) in [5.74, 6) is 1.56. The third-order valence-electron chi connectivity index (χ3n) is 5.73. The molecule has 8 heteroatoms. The van der Waals surface area contributed by atoms with Crippen molar-refractivity contribution in [3.8, 4) is 5.75 Å². The van der Waals surface area contributed by atoms with Gasteiger partial charge in [0, 0.05) is 32.2 Å². The molecule has 1 atom stereocenters. The number of guanidine groups is 1. The van der Waals surface area contributed by atoms with E-state index in [1.54, 1.807) is 14.2 Å². The average Bonchev–Trinajstić information content (AvgIpc) is 3.36. The molecule has 1 aliphatic heterocycles. The van der Waals surface area contributed by atoms with Crippen LogP contribution in [0.15, 0.2) is 53.5 Å². The highest BCUT2D eigenvalue weighted by Gasteiger charge is 2.24. The molecule has 0 saturated carbocycles. The second-order valence-electron chi connectivity index (χ2n) is 7.90. The molecule has 0 aliphatic carbocycles. The predicted molar refractivity (Wildman–Crippen MR) is 145 cm³/mol. The molecule has 1 amide bonds. The lowest BCUT2D eigenvalue weighted by Gasteiger charge is -2.29. The lowest BCUT2D eigenvalue weighted by Crippen LogP contribution is -2.42. The molecule has 0 radical (unpaired) electrons. The third-order valence-corrected chi connectivity index (χ3v) is 5.73. The molecule has 0 bridgehead atoms. The third kappa shape index (κ3) is 7.89. The van der Waals surface area contributed by atoms with Crippen LogP contribution in [0.1, 0.15) is 47.3 Å². The largest absolute Gasteiger partial charge is 0.497 e. The second-order valence-corrected chi connectivity index (χ2v) is 7.90. The van der Waals surface area contributed by atoms with Crippen LogP contribution in [0.3, 0.4) is 0 Å². The fraction of sp³-hybridized carbons (Fsp3) is 0.440. The number of hydrogen-bond acceptors (Lipinski definition) is 4. The molecule has 1 fully saturated rings. The first-order valence-corrected chi connectivity index (χ1v) is 11.3. The maximum Gasteiger partial charge on any atom is 0.251 e. The van der Waals surface area contributed by atoms with E-state index in [9.17, 15) is 4.79 Å². The van der Waals surface area contributed by atoms with Crippen molar-refractivity contribution >= 4 is 35.8 Å². The monoisotopic (exact) mass is 565 g/mol. The quantitative estimate of drug-likeness (QED) is 0.246. The highest BCUT2D eigenvalue weighted by molar-refractivity contribution is 14.0. The van der Waals surface area contributed by atoms with Crippen LogP contribution < -0.4 is 20.7 Å². The summed E-state index contributed by atoms with van der Waals surface area (Å²) in [6.45, 7) is 6.06. The fourth-order valence-corrected chi connectivity index (χ4v) is 4.04. The number of nitrogens with zero attached hydrogens (tertiary/aromatic N) is 2. The summed E-state index contributed by atoms with van der Waals surface area (Å²) in [6.07, 6.45) is 2.46. The van der Waals surface area contributed by atoms with Crippen molar-refractivity contribution in [2.24, 2.45) is 4.99 Å². The molecule has 1 saturated heterocycles. The number of hydrogen-bond donors (Lipinski definition) is 3. The Labute approximate surface area is 214 Å². The minimum atomic E-state index is -0.0522. The van der Waals surface area contributed by atoms with Crippen LogP contribution in [-0.2, 0) is 6.54 Å². The maximum atomic E-state index is 12.1. The zero-order valence-electron chi connectivity index (χ0n) is 19.8. The molecule has 7 nitrogen and oxygen atoms in total. The summed E-state index contributed by atoms with van der Waals surface area (Å²) in [5, 5.41) is 9.69. The van der Waals surface area contributed by atoms with Crippen LogP contribution in [-0.4, -0.2) is 57.1 Å². The van der Waals surface area contributed by atoms with Gasteiger partial charge in [0.05, 0.1) is 13.2 Å². The second kappa shape index (κ2) is 14.0. The topological polar surface area (TPSA) is 78.0 Å². The van der Waals surface area contributed by atoms with E-state index in [4.69, 9.17) is 4.74 Å². The van der Waals surface area contributed by atoms with Gasteiger partial charge in [0.1, 0.15) is 5.75 Å². The zero-order valence-corrected chi connectivity index (χ0v) is 22.1. The number of nitrogens with one attached hydrogen (secondary N) is 3. The van der Waals surface area contributed by atoms with E-state index >= 15 is 0 Å². The minimum absolute atomic E-state index is 0. The Bertz CT molecular complexity index is 915. The first-order valence-electron chi connectivity index (χ1n) is 11.3. The van der Waals surface area contributed by atoms with E-state index in [0.717, 1.165) is 36.9 Å². The predicted octanol–water partition coefficient (Wildman–Crippen LogP) is 3.57. The molecule has 0 aromatic heterocycles. The molecule has 1 aliphatic rings. The van der Waals surface area contributed by atoms with Gasteiger partial charge in [-0.2, -0.15) is 0 Å². The number of methoxy groups -OCH3 is 1. The molecule has 1 heterocycles. The first kappa shape index (κ1) is 26.9. The van der Waals surface area contributed by atoms with Crippen LogP contribution >= 0.6 is 24.0 Å². The normalized spacial score (nSPS) is 14.8. The Hall–Kier alpha value is -2.33. The Kier molecular flexibility index (Phi) is 11.5. The average molecular weight is 566 g/mol. The van der Waals surface area contributed by atoms with Crippen molar-refractivity contribution in [2.45, 2.75) is 32.4 Å². The Morgan fingerprint density at radius 1 is 1.09 bits per heavy atom. The number of amides is 1. The number of likely N-dealkylation sites (tertiary alicyclic amines) is 1. The van der Waals surface area contributed by atoms with Crippen LogP contribution in [0.5, 0.6) is 5.75 Å². The molecular weight excluding hydrogens is 529 g/mol. The summed E-state index contributed by atoms with van der Waals surface area (Å²) >= 11 is 0. The fourth-order valence-electron chi connectivity index (χ4n) is 4.04. The number of carbonyl (C=O) groups is 1. The molecule has 33 heavy (non-hydrogen) atoms. The molecule has 2 aromatic rings. The van der Waals surface area contributed by atoms with E-state index in [1.165, 1.54) is 18.4 Å². The smallest absolute Gasteiger partial charge is 0.251 e. The van der Waals surface area contributed by atoms with Crippen LogP contribution in [0, 0.1) is 0 Å². The lowest BCUT2D eigenvalue weighted by atomic mass is 10.1. The van der Waals surface area contributed by atoms with Gasteiger partial charge in [0.25, 0.3) is 5.91 Å². The van der Waals surface area contributed by atoms with E-state index in [-0.39, 0.29) is 35.9 Å². The summed E-state index contributed by atoms with van der Waals surface area (Å²) in [5.41, 5.74) is 2.94. The van der Waals surface area contributed by atoms with Crippen molar-refractivity contribution < 1.29 is 9.53 Å². The Morgan fingerprint density at radius 2 is 1.85 bits per heavy atom. The molecule has 2 aromatic carbocycles. The highest BCUT2D eigenvalue weighted by atomic mass is 127. The van der Waals surface area contributed by atoms with Crippen molar-refractivity contribution in [1.29, 1.82) is 0 Å². The molecule has 3 N–H and O–H groups in total. The summed E-state index contributed by atoms with van der Waals surface area (Å²) < 4.78 is 5.44. The van der Waals surface area contributed by atoms with Crippen molar-refractivity contribution in [2.75, 3.05) is 40.3 Å². The van der Waals surface area contributed by atoms with Gasteiger partial charge in [0.2, 0.25) is 0 Å². The zero-order chi connectivity index (χ0) is 22.8. The van der Waals surface area contributed by atoms with E-state index in [2.05, 4.69) is 38.0 Å². The van der Waals surface area contributed by atoms with E-state index < -0.39 is 0 Å². The van der Waals surface area contributed by atoms with Crippen LogP contribution in [0.4, 0.5) is 0 Å². The number of ether oxygens (including phenoxy) is 1. The van der Waals surface area contributed by atoms with Gasteiger partial charge < -0.3 is 20.7 Å². The Morgan fingerprint density at radius 3 is 2.55 bits per heavy atom. The van der Waals surface area contributed by atoms with Crippen molar-refractivity contribution in [1.82, 2.24) is 20.9 Å². The van der Waals surface area contributed by atoms with E-state index in [1.807, 2.05) is 43.3 Å².